The lowest BCUT2D eigenvalue weighted by molar-refractivity contribution is -0.114. The normalized spacial score (nSPS) is 12.2. The van der Waals surface area contributed by atoms with Crippen LogP contribution >= 0.6 is 0 Å². The van der Waals surface area contributed by atoms with Crippen LogP contribution in [0.2, 0.25) is 0 Å². The number of carbonyl (C=O) groups is 1. The molecule has 0 bridgehead atoms. The lowest BCUT2D eigenvalue weighted by Gasteiger charge is -2.26. The van der Waals surface area contributed by atoms with Crippen molar-refractivity contribution in [3.8, 4) is 0 Å². The predicted octanol–water partition coefficient (Wildman–Crippen LogP) is 3.45. The number of allylic oxidation sites excluding steroid dienone is 1. The number of hydrogen-bond donors (Lipinski definition) is 1. The molecule has 0 aliphatic heterocycles. The van der Waals surface area contributed by atoms with E-state index in [0.29, 0.717) is 5.57 Å². The average molecular weight is 254 g/mol. The molecule has 0 heterocycles. The van der Waals surface area contributed by atoms with Crippen molar-refractivity contribution in [1.82, 2.24) is 4.90 Å². The van der Waals surface area contributed by atoms with E-state index in [2.05, 4.69) is 18.7 Å². The molecule has 0 saturated carbocycles. The van der Waals surface area contributed by atoms with Gasteiger partial charge in [-0.2, -0.15) is 0 Å². The van der Waals surface area contributed by atoms with Crippen molar-refractivity contribution in [1.29, 1.82) is 0 Å². The minimum absolute atomic E-state index is 0.302. The molecule has 0 saturated heterocycles. The Morgan fingerprint density at radius 2 is 1.39 bits per heavy atom. The maximum absolute atomic E-state index is 11.2. The lowest BCUT2D eigenvalue weighted by Crippen LogP contribution is -2.27. The molecule has 0 unspecified atom stereocenters. The van der Waals surface area contributed by atoms with Gasteiger partial charge >= 0.3 is 0 Å². The van der Waals surface area contributed by atoms with Gasteiger partial charge in [0.15, 0.2) is 0 Å². The highest BCUT2D eigenvalue weighted by Crippen LogP contribution is 2.13. The molecule has 106 valence electrons. The number of amides is 1. The molecular weight excluding hydrogens is 224 g/mol. The zero-order chi connectivity index (χ0) is 14.0. The first-order valence-electron chi connectivity index (χ1n) is 7.26. The second-order valence-electron chi connectivity index (χ2n) is 4.98. The summed E-state index contributed by atoms with van der Waals surface area (Å²) >= 11 is 0. The number of primary amides is 1. The smallest absolute Gasteiger partial charge is 0.246 e. The minimum atomic E-state index is -0.302. The van der Waals surface area contributed by atoms with Crippen molar-refractivity contribution in [3.05, 3.63) is 11.3 Å². The first-order chi connectivity index (χ1) is 8.54. The fourth-order valence-corrected chi connectivity index (χ4v) is 1.97. The van der Waals surface area contributed by atoms with Crippen molar-refractivity contribution in [2.24, 2.45) is 5.73 Å². The Kier molecular flexibility index (Phi) is 9.43. The molecule has 0 atom stereocenters. The number of nitrogens with zero attached hydrogens (tertiary/aromatic N) is 1. The molecule has 3 nitrogen and oxygen atoms in total. The Hall–Kier alpha value is -0.990. The minimum Gasteiger partial charge on any atom is -0.375 e. The second-order valence-corrected chi connectivity index (χ2v) is 4.98. The van der Waals surface area contributed by atoms with E-state index in [-0.39, 0.29) is 5.91 Å². The van der Waals surface area contributed by atoms with E-state index in [0.717, 1.165) is 18.8 Å². The van der Waals surface area contributed by atoms with Gasteiger partial charge in [0, 0.05) is 24.4 Å². The molecule has 3 heteroatoms. The van der Waals surface area contributed by atoms with Crippen LogP contribution in [0.15, 0.2) is 11.3 Å². The van der Waals surface area contributed by atoms with Crippen molar-refractivity contribution in [3.63, 3.8) is 0 Å². The van der Waals surface area contributed by atoms with Crippen LogP contribution in [0.4, 0.5) is 0 Å². The van der Waals surface area contributed by atoms with E-state index >= 15 is 0 Å². The average Bonchev–Trinajstić information content (AvgIpc) is 2.35. The van der Waals surface area contributed by atoms with Crippen LogP contribution in [0.25, 0.3) is 0 Å². The summed E-state index contributed by atoms with van der Waals surface area (Å²) in [5.74, 6) is -0.302. The fourth-order valence-electron chi connectivity index (χ4n) is 1.97. The summed E-state index contributed by atoms with van der Waals surface area (Å²) in [6, 6.07) is 0. The largest absolute Gasteiger partial charge is 0.375 e. The number of rotatable bonds is 10. The van der Waals surface area contributed by atoms with Crippen LogP contribution < -0.4 is 5.73 Å². The van der Waals surface area contributed by atoms with Crippen LogP contribution in [0.1, 0.15) is 66.2 Å². The number of nitrogens with two attached hydrogens (primary N) is 1. The third-order valence-electron chi connectivity index (χ3n) is 3.45. The molecule has 0 rings (SSSR count). The van der Waals surface area contributed by atoms with Gasteiger partial charge in [0.25, 0.3) is 0 Å². The predicted molar refractivity (Wildman–Crippen MR) is 78.2 cm³/mol. The molecule has 0 aromatic carbocycles. The van der Waals surface area contributed by atoms with E-state index in [1.54, 1.807) is 0 Å². The number of unbranched alkanes of at least 4 members (excludes halogenated alkanes) is 4. The van der Waals surface area contributed by atoms with E-state index < -0.39 is 0 Å². The Labute approximate surface area is 112 Å². The first-order valence-corrected chi connectivity index (χ1v) is 7.26. The van der Waals surface area contributed by atoms with E-state index in [1.807, 2.05) is 13.8 Å². The maximum atomic E-state index is 11.2. The van der Waals surface area contributed by atoms with Crippen LogP contribution in [0.5, 0.6) is 0 Å². The van der Waals surface area contributed by atoms with Gasteiger partial charge in [-0.25, -0.2) is 0 Å². The summed E-state index contributed by atoms with van der Waals surface area (Å²) in [6.07, 6.45) is 7.30. The summed E-state index contributed by atoms with van der Waals surface area (Å²) in [6.45, 7) is 10.3. The molecule has 18 heavy (non-hydrogen) atoms. The standard InChI is InChI=1S/C15H30N2O/c1-5-7-9-11-17(12-10-8-6-2)14(4)13(3)15(16)18/h5-12H2,1-4H3,(H2,16,18)/b14-13+. The van der Waals surface area contributed by atoms with Crippen molar-refractivity contribution < 1.29 is 4.79 Å². The monoisotopic (exact) mass is 254 g/mol. The van der Waals surface area contributed by atoms with Crippen LogP contribution in [-0.2, 0) is 4.79 Å². The van der Waals surface area contributed by atoms with Gasteiger partial charge < -0.3 is 10.6 Å². The molecule has 0 aromatic rings. The van der Waals surface area contributed by atoms with E-state index in [4.69, 9.17) is 5.73 Å². The van der Waals surface area contributed by atoms with Crippen molar-refractivity contribution >= 4 is 5.91 Å². The summed E-state index contributed by atoms with van der Waals surface area (Å²) in [5.41, 5.74) is 7.11. The van der Waals surface area contributed by atoms with Gasteiger partial charge in [0.05, 0.1) is 0 Å². The van der Waals surface area contributed by atoms with Gasteiger partial charge in [-0.05, 0) is 26.7 Å². The van der Waals surface area contributed by atoms with Gasteiger partial charge in [0.1, 0.15) is 0 Å². The Morgan fingerprint density at radius 3 is 1.72 bits per heavy atom. The molecule has 0 aliphatic carbocycles. The quantitative estimate of drug-likeness (QED) is 0.479. The van der Waals surface area contributed by atoms with Gasteiger partial charge in [-0.1, -0.05) is 39.5 Å². The number of hydrogen-bond acceptors (Lipinski definition) is 2. The molecular formula is C15H30N2O. The molecule has 0 spiro atoms. The van der Waals surface area contributed by atoms with Gasteiger partial charge in [-0.3, -0.25) is 4.79 Å². The van der Waals surface area contributed by atoms with Crippen LogP contribution in [0.3, 0.4) is 0 Å². The highest BCUT2D eigenvalue weighted by atomic mass is 16.1. The lowest BCUT2D eigenvalue weighted by atomic mass is 10.1. The molecule has 1 amide bonds. The zero-order valence-corrected chi connectivity index (χ0v) is 12.6. The highest BCUT2D eigenvalue weighted by Gasteiger charge is 2.10. The van der Waals surface area contributed by atoms with Gasteiger partial charge in [-0.15, -0.1) is 0 Å². The van der Waals surface area contributed by atoms with Gasteiger partial charge in [0.2, 0.25) is 5.91 Å². The second kappa shape index (κ2) is 9.98. The maximum Gasteiger partial charge on any atom is 0.246 e. The Morgan fingerprint density at radius 1 is 0.944 bits per heavy atom. The van der Waals surface area contributed by atoms with Crippen LogP contribution in [-0.4, -0.2) is 23.9 Å². The number of carbonyl (C=O) groups excluding carboxylic acids is 1. The fraction of sp³-hybridized carbons (Fsp3) is 0.800. The van der Waals surface area contributed by atoms with Crippen LogP contribution in [0, 0.1) is 0 Å². The summed E-state index contributed by atoms with van der Waals surface area (Å²) in [7, 11) is 0. The molecule has 0 aliphatic rings. The summed E-state index contributed by atoms with van der Waals surface area (Å²) in [4.78, 5) is 13.6. The third kappa shape index (κ3) is 6.67. The molecule has 0 radical (unpaired) electrons. The SMILES string of the molecule is CCCCCN(CCCCC)/C(C)=C(\C)C(N)=O. The Bertz CT molecular complexity index is 262. The Balaban J connectivity index is 4.52. The van der Waals surface area contributed by atoms with Crippen molar-refractivity contribution in [2.75, 3.05) is 13.1 Å². The topological polar surface area (TPSA) is 46.3 Å². The van der Waals surface area contributed by atoms with Crippen molar-refractivity contribution in [2.45, 2.75) is 66.2 Å². The third-order valence-corrected chi connectivity index (χ3v) is 3.45. The highest BCUT2D eigenvalue weighted by molar-refractivity contribution is 5.91. The molecule has 2 N–H and O–H groups in total. The molecule has 0 aromatic heterocycles. The van der Waals surface area contributed by atoms with E-state index in [1.165, 1.54) is 38.5 Å². The first kappa shape index (κ1) is 17.0. The van der Waals surface area contributed by atoms with E-state index in [9.17, 15) is 4.79 Å². The zero-order valence-electron chi connectivity index (χ0n) is 12.6. The summed E-state index contributed by atoms with van der Waals surface area (Å²) < 4.78 is 0. The molecule has 0 fully saturated rings. The summed E-state index contributed by atoms with van der Waals surface area (Å²) in [5, 5.41) is 0.